The standard InChI is InChI=1S/C25H33N3O4S.C24H29N3O4S.C4H8O.CH3.BrH.Mg/c1-7-28-23(32-21-14-12-19(13-15-21)25(5,6)29)17-22(26-28)18-10-9-11-20(16-18)24(3,4)27-33(30,31)8-2;1-6-27-23(31-21-13-11-18(12-14-21)17(3)28)16-22(25-27)19-9-8-10-20(15-19)24(4,5)26-32(29,30)7-2;1-2-4-5-3-1;;;/h9-17,27,29H,7-8H2,1-6H3;8-16,26H,6-7H2,1-5H3;1-4H2;1H3;1H;/q;;;-1;;+2/p-1. The van der Waals surface area contributed by atoms with E-state index in [1.54, 1.807) is 61.3 Å². The molecule has 1 aliphatic heterocycles. The maximum Gasteiger partial charge on any atom is 2.00 e. The number of nitrogens with one attached hydrogen (secondary N) is 2. The molecule has 0 amide bonds. The molecular weight excluding hydrogens is 1040 g/mol. The molecule has 1 fully saturated rings. The first-order chi connectivity index (χ1) is 32.9. The number of hydrogen-bond donors (Lipinski definition) is 3. The number of aromatic nitrogens is 4. The van der Waals surface area contributed by atoms with Crippen LogP contribution < -0.4 is 35.9 Å². The molecule has 15 nitrogen and oxygen atoms in total. The fourth-order valence-corrected chi connectivity index (χ4v) is 9.39. The molecule has 19 heteroatoms. The van der Waals surface area contributed by atoms with Gasteiger partial charge in [-0.2, -0.15) is 10.2 Å². The van der Waals surface area contributed by atoms with E-state index in [-0.39, 0.29) is 64.7 Å². The molecule has 1 saturated heterocycles. The van der Waals surface area contributed by atoms with Crippen LogP contribution in [-0.2, 0) is 54.6 Å². The quantitative estimate of drug-likeness (QED) is 0.0442. The number of ether oxygens (including phenoxy) is 3. The van der Waals surface area contributed by atoms with E-state index in [9.17, 15) is 26.7 Å². The Labute approximate surface area is 460 Å². The van der Waals surface area contributed by atoms with E-state index in [1.807, 2.05) is 126 Å². The van der Waals surface area contributed by atoms with Gasteiger partial charge in [0.15, 0.2) is 5.78 Å². The molecule has 0 saturated carbocycles. The molecule has 0 atom stereocenters. The Morgan fingerprint density at radius 1 is 0.630 bits per heavy atom. The summed E-state index contributed by atoms with van der Waals surface area (Å²) >= 11 is 0. The van der Waals surface area contributed by atoms with Crippen molar-refractivity contribution in [3.63, 3.8) is 0 Å². The molecular formula is C54H73BrMgN6O9S2. The number of ketones is 1. The molecule has 1 aliphatic rings. The molecule has 394 valence electrons. The molecule has 0 radical (unpaired) electrons. The van der Waals surface area contributed by atoms with Crippen LogP contribution >= 0.6 is 0 Å². The van der Waals surface area contributed by atoms with Crippen molar-refractivity contribution in [3.05, 3.63) is 139 Å². The number of carbonyl (C=O) groups is 1. The predicted molar refractivity (Wildman–Crippen MR) is 288 cm³/mol. The molecule has 0 unspecified atom stereocenters. The topological polar surface area (TPSA) is 193 Å². The number of Topliss-reactive ketones (excluding diaryl/α,β-unsaturated/α-hetero) is 1. The molecule has 7 rings (SSSR count). The number of rotatable bonds is 18. The molecule has 6 aromatic rings. The van der Waals surface area contributed by atoms with Gasteiger partial charge in [-0.15, -0.1) is 0 Å². The Morgan fingerprint density at radius 3 is 1.33 bits per heavy atom. The third kappa shape index (κ3) is 18.7. The maximum atomic E-state index is 12.1. The van der Waals surface area contributed by atoms with Gasteiger partial charge in [0.1, 0.15) is 11.5 Å². The zero-order valence-corrected chi connectivity index (χ0v) is 49.1. The van der Waals surface area contributed by atoms with E-state index in [1.165, 1.54) is 19.8 Å². The van der Waals surface area contributed by atoms with E-state index in [0.29, 0.717) is 41.9 Å². The molecule has 73 heavy (non-hydrogen) atoms. The Kier molecular flexibility index (Phi) is 24.7. The Morgan fingerprint density at radius 2 is 1.01 bits per heavy atom. The number of halogens is 1. The van der Waals surface area contributed by atoms with Gasteiger partial charge in [0.25, 0.3) is 0 Å². The van der Waals surface area contributed by atoms with Gasteiger partial charge in [-0.05, 0) is 154 Å². The fourth-order valence-electron chi connectivity index (χ4n) is 7.31. The van der Waals surface area contributed by atoms with E-state index in [2.05, 4.69) is 19.6 Å². The number of benzene rings is 4. The van der Waals surface area contributed by atoms with Crippen molar-refractivity contribution in [2.75, 3.05) is 24.7 Å². The van der Waals surface area contributed by atoms with Crippen LogP contribution in [0.15, 0.2) is 109 Å². The fraction of sp³-hybridized carbons (Fsp3) is 0.407. The summed E-state index contributed by atoms with van der Waals surface area (Å²) in [7, 11) is -6.73. The number of nitrogens with zero attached hydrogens (tertiary/aromatic N) is 4. The van der Waals surface area contributed by atoms with E-state index in [0.717, 1.165) is 52.4 Å². The van der Waals surface area contributed by atoms with Gasteiger partial charge >= 0.3 is 23.1 Å². The summed E-state index contributed by atoms with van der Waals surface area (Å²) in [6.07, 6.45) is 2.56. The smallest absolute Gasteiger partial charge is 1.00 e. The summed E-state index contributed by atoms with van der Waals surface area (Å²) in [5.41, 5.74) is 3.83. The van der Waals surface area contributed by atoms with Crippen molar-refractivity contribution in [1.29, 1.82) is 0 Å². The summed E-state index contributed by atoms with van der Waals surface area (Å²) < 4.78 is 74.5. The van der Waals surface area contributed by atoms with Crippen LogP contribution in [0.5, 0.6) is 23.3 Å². The van der Waals surface area contributed by atoms with Crippen LogP contribution in [-0.4, -0.2) is 95.1 Å². The van der Waals surface area contributed by atoms with Crippen LogP contribution in [0.3, 0.4) is 0 Å². The van der Waals surface area contributed by atoms with Crippen LogP contribution in [0, 0.1) is 7.43 Å². The molecule has 2 aromatic heterocycles. The van der Waals surface area contributed by atoms with Gasteiger partial charge in [0, 0.05) is 55.1 Å². The van der Waals surface area contributed by atoms with Crippen LogP contribution in [0.25, 0.3) is 22.5 Å². The third-order valence-electron chi connectivity index (χ3n) is 11.5. The molecule has 3 heterocycles. The summed E-state index contributed by atoms with van der Waals surface area (Å²) in [5, 5.41) is 19.5. The SMILES string of the molecule is C1CCOC1.CCn1nc(-c2cccc(C(C)(C)NS(=O)(=O)CC)c2)cc1Oc1ccc(C(C)(C)O)cc1.CCn1nc(-c2cccc(C(C)(C)NS(=O)(=O)CC)c2)cc1Oc1ccc(C(C)=O)cc1.[Br-].[CH3-].[Mg+2]. The average Bonchev–Trinajstić information content (AvgIpc) is 4.12. The van der Waals surface area contributed by atoms with E-state index < -0.39 is 36.7 Å². The van der Waals surface area contributed by atoms with Gasteiger partial charge in [0.05, 0.1) is 39.6 Å². The van der Waals surface area contributed by atoms with Gasteiger partial charge in [-0.1, -0.05) is 48.5 Å². The normalized spacial score (nSPS) is 12.7. The minimum atomic E-state index is -3.36. The maximum absolute atomic E-state index is 12.1. The van der Waals surface area contributed by atoms with Gasteiger partial charge in [0.2, 0.25) is 31.8 Å². The molecule has 3 N–H and O–H groups in total. The summed E-state index contributed by atoms with van der Waals surface area (Å²) in [6.45, 7) is 22.8. The second-order valence-electron chi connectivity index (χ2n) is 18.5. The minimum Gasteiger partial charge on any atom is -1.00 e. The van der Waals surface area contributed by atoms with Gasteiger partial charge < -0.3 is 43.7 Å². The zero-order valence-electron chi connectivity index (χ0n) is 44.5. The van der Waals surface area contributed by atoms with E-state index >= 15 is 0 Å². The van der Waals surface area contributed by atoms with Crippen LogP contribution in [0.4, 0.5) is 0 Å². The Balaban J connectivity index is 0.000000439. The Bertz CT molecular complexity index is 2910. The predicted octanol–water partition coefficient (Wildman–Crippen LogP) is 7.37. The number of aryl methyl sites for hydroxylation is 2. The van der Waals surface area contributed by atoms with Crippen LogP contribution in [0.1, 0.15) is 116 Å². The number of carbonyl (C=O) groups excluding carboxylic acids is 1. The second-order valence-corrected chi connectivity index (χ2v) is 22.5. The summed E-state index contributed by atoms with van der Waals surface area (Å²) in [4.78, 5) is 11.5. The van der Waals surface area contributed by atoms with Crippen molar-refractivity contribution in [2.45, 2.75) is 119 Å². The van der Waals surface area contributed by atoms with Gasteiger partial charge in [-0.3, -0.25) is 4.79 Å². The van der Waals surface area contributed by atoms with Crippen molar-refractivity contribution in [2.24, 2.45) is 0 Å². The molecule has 4 aromatic carbocycles. The van der Waals surface area contributed by atoms with Crippen molar-refractivity contribution < 1.29 is 57.9 Å². The van der Waals surface area contributed by atoms with Crippen molar-refractivity contribution in [3.8, 4) is 45.8 Å². The minimum absolute atomic E-state index is 0. The van der Waals surface area contributed by atoms with Crippen molar-refractivity contribution >= 4 is 48.9 Å². The first-order valence-corrected chi connectivity index (χ1v) is 27.0. The van der Waals surface area contributed by atoms with Gasteiger partial charge in [-0.25, -0.2) is 35.6 Å². The third-order valence-corrected chi connectivity index (χ3v) is 14.7. The number of aliphatic hydroxyl groups is 1. The molecule has 0 aliphatic carbocycles. The molecule has 0 bridgehead atoms. The number of hydrogen-bond acceptors (Lipinski definition) is 11. The van der Waals surface area contributed by atoms with Crippen LogP contribution in [0.2, 0.25) is 0 Å². The largest absolute Gasteiger partial charge is 2.00 e. The first-order valence-electron chi connectivity index (χ1n) is 23.7. The van der Waals surface area contributed by atoms with E-state index in [4.69, 9.17) is 14.2 Å². The first kappa shape index (κ1) is 64.7. The summed E-state index contributed by atoms with van der Waals surface area (Å²) in [5.74, 6) is 2.48. The van der Waals surface area contributed by atoms with Crippen molar-refractivity contribution in [1.82, 2.24) is 29.0 Å². The monoisotopic (exact) mass is 1120 g/mol. The summed E-state index contributed by atoms with van der Waals surface area (Å²) in [6, 6.07) is 33.4. The average molecular weight is 1120 g/mol. The molecule has 0 spiro atoms. The number of sulfonamides is 2. The Hall–Kier alpha value is -4.44. The zero-order chi connectivity index (χ0) is 51.5. The second kappa shape index (κ2) is 27.9.